The zero-order chi connectivity index (χ0) is 20.7. The normalized spacial score (nSPS) is 11.0. The number of nitrogens with zero attached hydrogens (tertiary/aromatic N) is 2. The summed E-state index contributed by atoms with van der Waals surface area (Å²) in [5.41, 5.74) is 0.196. The van der Waals surface area contributed by atoms with Crippen molar-refractivity contribution in [3.05, 3.63) is 60.9 Å². The van der Waals surface area contributed by atoms with Crippen LogP contribution in [0.4, 0.5) is 5.69 Å². The molecule has 0 amide bonds. The van der Waals surface area contributed by atoms with Crippen molar-refractivity contribution in [3.63, 3.8) is 0 Å². The van der Waals surface area contributed by atoms with Crippen LogP contribution in [0.1, 0.15) is 13.8 Å². The van der Waals surface area contributed by atoms with Crippen LogP contribution in [0.3, 0.4) is 0 Å². The van der Waals surface area contributed by atoms with Gasteiger partial charge in [0.15, 0.2) is 0 Å². The van der Waals surface area contributed by atoms with Crippen molar-refractivity contribution in [1.82, 2.24) is 9.97 Å². The summed E-state index contributed by atoms with van der Waals surface area (Å²) in [6.45, 7) is 4.39. The van der Waals surface area contributed by atoms with E-state index < -0.39 is 10.0 Å². The lowest BCUT2D eigenvalue weighted by Gasteiger charge is -2.14. The van der Waals surface area contributed by atoms with E-state index in [2.05, 4.69) is 14.7 Å². The Morgan fingerprint density at radius 3 is 2.24 bits per heavy atom. The van der Waals surface area contributed by atoms with Gasteiger partial charge in [0.2, 0.25) is 0 Å². The van der Waals surface area contributed by atoms with E-state index in [0.717, 1.165) is 0 Å². The van der Waals surface area contributed by atoms with Crippen molar-refractivity contribution in [1.29, 1.82) is 0 Å². The van der Waals surface area contributed by atoms with Gasteiger partial charge >= 0.3 is 6.01 Å². The summed E-state index contributed by atoms with van der Waals surface area (Å²) in [5, 5.41) is 0. The SMILES string of the molecule is CCOc1ccc(S(=O)(=O)Nc2cnc(Oc3ccccc3)nc2)c(OCC)c1. The highest BCUT2D eigenvalue weighted by Crippen LogP contribution is 2.30. The first-order chi connectivity index (χ1) is 14.0. The molecule has 0 radical (unpaired) electrons. The fourth-order valence-electron chi connectivity index (χ4n) is 2.46. The quantitative estimate of drug-likeness (QED) is 0.566. The van der Waals surface area contributed by atoms with Crippen LogP contribution in [0.5, 0.6) is 23.3 Å². The van der Waals surface area contributed by atoms with Gasteiger partial charge in [-0.05, 0) is 38.1 Å². The first-order valence-corrected chi connectivity index (χ1v) is 10.5. The van der Waals surface area contributed by atoms with Crippen LogP contribution in [-0.2, 0) is 10.0 Å². The number of ether oxygens (including phenoxy) is 3. The number of aromatic nitrogens is 2. The molecule has 1 heterocycles. The van der Waals surface area contributed by atoms with E-state index in [4.69, 9.17) is 14.2 Å². The van der Waals surface area contributed by atoms with Gasteiger partial charge in [0, 0.05) is 6.07 Å². The van der Waals surface area contributed by atoms with Crippen LogP contribution in [0.2, 0.25) is 0 Å². The molecule has 152 valence electrons. The van der Waals surface area contributed by atoms with E-state index in [0.29, 0.717) is 24.7 Å². The van der Waals surface area contributed by atoms with Gasteiger partial charge in [-0.2, -0.15) is 0 Å². The minimum atomic E-state index is -3.92. The second-order valence-electron chi connectivity index (χ2n) is 5.75. The first-order valence-electron chi connectivity index (χ1n) is 8.99. The van der Waals surface area contributed by atoms with Gasteiger partial charge in [-0.1, -0.05) is 18.2 Å². The molecule has 0 unspecified atom stereocenters. The molecule has 0 fully saturated rings. The number of nitrogens with one attached hydrogen (secondary N) is 1. The second kappa shape index (κ2) is 9.24. The Hall–Kier alpha value is -3.33. The zero-order valence-corrected chi connectivity index (χ0v) is 16.8. The molecule has 0 aliphatic heterocycles. The molecule has 0 atom stereocenters. The topological polar surface area (TPSA) is 99.6 Å². The lowest BCUT2D eigenvalue weighted by Crippen LogP contribution is -2.15. The van der Waals surface area contributed by atoms with Gasteiger partial charge in [-0.3, -0.25) is 4.72 Å². The molecule has 0 aliphatic rings. The van der Waals surface area contributed by atoms with Crippen LogP contribution >= 0.6 is 0 Å². The maximum Gasteiger partial charge on any atom is 0.322 e. The van der Waals surface area contributed by atoms with E-state index in [1.54, 1.807) is 31.2 Å². The molecule has 1 N–H and O–H groups in total. The highest BCUT2D eigenvalue weighted by molar-refractivity contribution is 7.92. The summed E-state index contributed by atoms with van der Waals surface area (Å²) in [6.07, 6.45) is 2.66. The minimum Gasteiger partial charge on any atom is -0.494 e. The molecule has 0 bridgehead atoms. The van der Waals surface area contributed by atoms with Crippen molar-refractivity contribution < 1.29 is 22.6 Å². The number of benzene rings is 2. The summed E-state index contributed by atoms with van der Waals surface area (Å²) < 4.78 is 44.5. The molecule has 3 aromatic rings. The molecule has 9 heteroatoms. The second-order valence-corrected chi connectivity index (χ2v) is 7.40. The number of rotatable bonds is 9. The van der Waals surface area contributed by atoms with Crippen LogP contribution in [0, 0.1) is 0 Å². The lowest BCUT2D eigenvalue weighted by atomic mass is 10.3. The molecule has 0 saturated heterocycles. The van der Waals surface area contributed by atoms with E-state index in [1.807, 2.05) is 25.1 Å². The van der Waals surface area contributed by atoms with Crippen LogP contribution in [-0.4, -0.2) is 31.6 Å². The highest BCUT2D eigenvalue weighted by atomic mass is 32.2. The Balaban J connectivity index is 1.78. The Kier molecular flexibility index (Phi) is 6.50. The third-order valence-electron chi connectivity index (χ3n) is 3.65. The third-order valence-corrected chi connectivity index (χ3v) is 5.07. The third kappa shape index (κ3) is 5.35. The molecule has 3 rings (SSSR count). The lowest BCUT2D eigenvalue weighted by molar-refractivity contribution is 0.317. The number of hydrogen-bond acceptors (Lipinski definition) is 7. The maximum atomic E-state index is 12.8. The summed E-state index contributed by atoms with van der Waals surface area (Å²) in [4.78, 5) is 8.07. The summed E-state index contributed by atoms with van der Waals surface area (Å²) in [5.74, 6) is 1.31. The molecular formula is C20H21N3O5S. The fourth-order valence-corrected chi connectivity index (χ4v) is 3.62. The van der Waals surface area contributed by atoms with Gasteiger partial charge in [0.25, 0.3) is 10.0 Å². The largest absolute Gasteiger partial charge is 0.494 e. The number of sulfonamides is 1. The summed E-state index contributed by atoms with van der Waals surface area (Å²) in [7, 11) is -3.92. The van der Waals surface area contributed by atoms with Gasteiger partial charge in [-0.15, -0.1) is 0 Å². The standard InChI is InChI=1S/C20H21N3O5S/c1-3-26-17-10-11-19(18(12-17)27-4-2)29(24,25)23-15-13-21-20(22-14-15)28-16-8-6-5-7-9-16/h5-14,23H,3-4H2,1-2H3. The predicted molar refractivity (Wildman–Crippen MR) is 108 cm³/mol. The molecule has 1 aromatic heterocycles. The molecule has 0 spiro atoms. The Morgan fingerprint density at radius 2 is 1.59 bits per heavy atom. The van der Waals surface area contributed by atoms with Crippen molar-refractivity contribution >= 4 is 15.7 Å². The van der Waals surface area contributed by atoms with E-state index in [-0.39, 0.29) is 22.3 Å². The zero-order valence-electron chi connectivity index (χ0n) is 16.0. The van der Waals surface area contributed by atoms with Crippen molar-refractivity contribution in [2.45, 2.75) is 18.7 Å². The van der Waals surface area contributed by atoms with Crippen molar-refractivity contribution in [3.8, 4) is 23.3 Å². The molecule has 0 saturated carbocycles. The molecule has 8 nitrogen and oxygen atoms in total. The Labute approximate surface area is 169 Å². The average molecular weight is 415 g/mol. The highest BCUT2D eigenvalue weighted by Gasteiger charge is 2.21. The Morgan fingerprint density at radius 1 is 0.897 bits per heavy atom. The molecule has 2 aromatic carbocycles. The maximum absolute atomic E-state index is 12.8. The smallest absolute Gasteiger partial charge is 0.322 e. The summed E-state index contributed by atoms with van der Waals surface area (Å²) in [6, 6.07) is 13.7. The monoisotopic (exact) mass is 415 g/mol. The number of anilines is 1. The van der Waals surface area contributed by atoms with E-state index in [9.17, 15) is 8.42 Å². The van der Waals surface area contributed by atoms with Gasteiger partial charge in [0.1, 0.15) is 22.1 Å². The van der Waals surface area contributed by atoms with Gasteiger partial charge in [-0.25, -0.2) is 18.4 Å². The molecule has 0 aliphatic carbocycles. The van der Waals surface area contributed by atoms with Gasteiger partial charge < -0.3 is 14.2 Å². The van der Waals surface area contributed by atoms with Gasteiger partial charge in [0.05, 0.1) is 31.3 Å². The number of hydrogen-bond donors (Lipinski definition) is 1. The van der Waals surface area contributed by atoms with Crippen molar-refractivity contribution in [2.24, 2.45) is 0 Å². The van der Waals surface area contributed by atoms with Crippen molar-refractivity contribution in [2.75, 3.05) is 17.9 Å². The molecular weight excluding hydrogens is 394 g/mol. The van der Waals surface area contributed by atoms with E-state index >= 15 is 0 Å². The Bertz CT molecular complexity index is 1040. The average Bonchev–Trinajstić information content (AvgIpc) is 2.71. The molecule has 29 heavy (non-hydrogen) atoms. The van der Waals surface area contributed by atoms with Crippen LogP contribution in [0.15, 0.2) is 65.8 Å². The first kappa shape index (κ1) is 20.4. The van der Waals surface area contributed by atoms with E-state index in [1.165, 1.54) is 18.5 Å². The van der Waals surface area contributed by atoms with Crippen LogP contribution < -0.4 is 18.9 Å². The fraction of sp³-hybridized carbons (Fsp3) is 0.200. The number of para-hydroxylation sites is 1. The van der Waals surface area contributed by atoms with Crippen LogP contribution in [0.25, 0.3) is 0 Å². The summed E-state index contributed by atoms with van der Waals surface area (Å²) >= 11 is 0. The minimum absolute atomic E-state index is 0.00702. The predicted octanol–water partition coefficient (Wildman–Crippen LogP) is 3.87.